The van der Waals surface area contributed by atoms with Crippen molar-refractivity contribution < 1.29 is 14.3 Å². The zero-order valence-corrected chi connectivity index (χ0v) is 14.0. The number of halogens is 1. The van der Waals surface area contributed by atoms with Crippen LogP contribution in [0, 0.1) is 5.41 Å². The third-order valence-corrected chi connectivity index (χ3v) is 3.64. The van der Waals surface area contributed by atoms with E-state index in [2.05, 4.69) is 15.9 Å². The Morgan fingerprint density at radius 1 is 1.45 bits per heavy atom. The standard InChI is InChI=1S/C15H22BrNO3/c1-5-20-14(18)15(2,3)9-12(17)11-8-10(16)6-7-13(11)19-4/h6-8,12H,5,9,17H2,1-4H3. The largest absolute Gasteiger partial charge is 0.496 e. The average molecular weight is 344 g/mol. The van der Waals surface area contributed by atoms with Crippen molar-refractivity contribution in [3.63, 3.8) is 0 Å². The van der Waals surface area contributed by atoms with Gasteiger partial charge in [0.05, 0.1) is 19.1 Å². The van der Waals surface area contributed by atoms with Gasteiger partial charge in [-0.15, -0.1) is 0 Å². The van der Waals surface area contributed by atoms with Gasteiger partial charge in [-0.2, -0.15) is 0 Å². The monoisotopic (exact) mass is 343 g/mol. The number of methoxy groups -OCH3 is 1. The Bertz CT molecular complexity index is 474. The molecule has 0 spiro atoms. The highest BCUT2D eigenvalue weighted by molar-refractivity contribution is 9.10. The van der Waals surface area contributed by atoms with E-state index in [1.165, 1.54) is 0 Å². The Labute approximate surface area is 128 Å². The number of hydrogen-bond donors (Lipinski definition) is 1. The van der Waals surface area contributed by atoms with Crippen LogP contribution in [0.4, 0.5) is 0 Å². The maximum Gasteiger partial charge on any atom is 0.311 e. The van der Waals surface area contributed by atoms with Gasteiger partial charge in [0.25, 0.3) is 0 Å². The van der Waals surface area contributed by atoms with Crippen molar-refractivity contribution >= 4 is 21.9 Å². The molecule has 0 aliphatic rings. The molecule has 0 bridgehead atoms. The smallest absolute Gasteiger partial charge is 0.311 e. The second-order valence-corrected chi connectivity index (χ2v) is 6.22. The molecule has 0 heterocycles. The summed E-state index contributed by atoms with van der Waals surface area (Å²) in [6, 6.07) is 5.37. The Balaban J connectivity index is 2.93. The number of benzene rings is 1. The van der Waals surface area contributed by atoms with Crippen LogP contribution >= 0.6 is 15.9 Å². The summed E-state index contributed by atoms with van der Waals surface area (Å²) in [5.41, 5.74) is 6.49. The summed E-state index contributed by atoms with van der Waals surface area (Å²) in [7, 11) is 1.61. The van der Waals surface area contributed by atoms with Gasteiger partial charge < -0.3 is 15.2 Å². The molecule has 0 aromatic heterocycles. The first-order valence-corrected chi connectivity index (χ1v) is 7.37. The summed E-state index contributed by atoms with van der Waals surface area (Å²) in [4.78, 5) is 11.9. The van der Waals surface area contributed by atoms with Crippen LogP contribution in [-0.4, -0.2) is 19.7 Å². The molecule has 1 unspecified atom stereocenters. The van der Waals surface area contributed by atoms with Crippen molar-refractivity contribution in [2.45, 2.75) is 33.2 Å². The zero-order valence-electron chi connectivity index (χ0n) is 12.4. The summed E-state index contributed by atoms with van der Waals surface area (Å²) >= 11 is 3.42. The third-order valence-electron chi connectivity index (χ3n) is 3.15. The lowest BCUT2D eigenvalue weighted by atomic mass is 9.83. The van der Waals surface area contributed by atoms with E-state index in [4.69, 9.17) is 15.2 Å². The number of hydrogen-bond acceptors (Lipinski definition) is 4. The van der Waals surface area contributed by atoms with Crippen LogP contribution in [0.5, 0.6) is 5.75 Å². The first-order chi connectivity index (χ1) is 9.31. The van der Waals surface area contributed by atoms with E-state index < -0.39 is 5.41 Å². The van der Waals surface area contributed by atoms with Gasteiger partial charge in [0.1, 0.15) is 5.75 Å². The van der Waals surface area contributed by atoms with Gasteiger partial charge in [-0.1, -0.05) is 15.9 Å². The minimum atomic E-state index is -0.636. The van der Waals surface area contributed by atoms with Crippen LogP contribution in [0.1, 0.15) is 38.8 Å². The van der Waals surface area contributed by atoms with E-state index >= 15 is 0 Å². The first kappa shape index (κ1) is 17.0. The Morgan fingerprint density at radius 3 is 2.65 bits per heavy atom. The molecule has 0 saturated heterocycles. The molecular formula is C15H22BrNO3. The molecule has 2 N–H and O–H groups in total. The quantitative estimate of drug-likeness (QED) is 0.803. The van der Waals surface area contributed by atoms with Crippen molar-refractivity contribution in [2.75, 3.05) is 13.7 Å². The van der Waals surface area contributed by atoms with E-state index in [9.17, 15) is 4.79 Å². The van der Waals surface area contributed by atoms with E-state index in [0.29, 0.717) is 13.0 Å². The average Bonchev–Trinajstić information content (AvgIpc) is 2.38. The molecule has 0 amide bonds. The highest BCUT2D eigenvalue weighted by Gasteiger charge is 2.32. The molecule has 1 aromatic carbocycles. The predicted molar refractivity (Wildman–Crippen MR) is 82.7 cm³/mol. The van der Waals surface area contributed by atoms with E-state index in [0.717, 1.165) is 15.8 Å². The minimum Gasteiger partial charge on any atom is -0.496 e. The third kappa shape index (κ3) is 4.21. The van der Waals surface area contributed by atoms with E-state index in [1.807, 2.05) is 32.0 Å². The van der Waals surface area contributed by atoms with Gasteiger partial charge in [-0.05, 0) is 45.4 Å². The molecule has 112 valence electrons. The molecule has 1 aromatic rings. The van der Waals surface area contributed by atoms with E-state index in [-0.39, 0.29) is 12.0 Å². The number of ether oxygens (including phenoxy) is 2. The highest BCUT2D eigenvalue weighted by Crippen LogP contribution is 2.35. The van der Waals surface area contributed by atoms with Gasteiger partial charge in [0.15, 0.2) is 0 Å². The normalized spacial score (nSPS) is 12.9. The van der Waals surface area contributed by atoms with Crippen LogP contribution in [-0.2, 0) is 9.53 Å². The van der Waals surface area contributed by atoms with Gasteiger partial charge in [-0.3, -0.25) is 4.79 Å². The predicted octanol–water partition coefficient (Wildman–Crippen LogP) is 3.44. The number of esters is 1. The molecular weight excluding hydrogens is 322 g/mol. The summed E-state index contributed by atoms with van der Waals surface area (Å²) in [6.07, 6.45) is 0.485. The molecule has 0 saturated carbocycles. The summed E-state index contributed by atoms with van der Waals surface area (Å²) in [5.74, 6) is 0.491. The molecule has 0 aliphatic heterocycles. The minimum absolute atomic E-state index is 0.232. The summed E-state index contributed by atoms with van der Waals surface area (Å²) in [6.45, 7) is 5.85. The number of carbonyl (C=O) groups is 1. The van der Waals surface area contributed by atoms with Crippen LogP contribution in [0.15, 0.2) is 22.7 Å². The number of rotatable bonds is 6. The summed E-state index contributed by atoms with van der Waals surface area (Å²) < 4.78 is 11.3. The Hall–Kier alpha value is -1.07. The van der Waals surface area contributed by atoms with Crippen LogP contribution in [0.25, 0.3) is 0 Å². The topological polar surface area (TPSA) is 61.5 Å². The number of carbonyl (C=O) groups excluding carboxylic acids is 1. The maximum absolute atomic E-state index is 11.9. The SMILES string of the molecule is CCOC(=O)C(C)(C)CC(N)c1cc(Br)ccc1OC. The fourth-order valence-corrected chi connectivity index (χ4v) is 2.44. The molecule has 5 heteroatoms. The van der Waals surface area contributed by atoms with Gasteiger partial charge in [0, 0.05) is 16.1 Å². The van der Waals surface area contributed by atoms with Crippen molar-refractivity contribution in [2.24, 2.45) is 11.1 Å². The molecule has 0 aliphatic carbocycles. The molecule has 4 nitrogen and oxygen atoms in total. The van der Waals surface area contributed by atoms with E-state index in [1.54, 1.807) is 14.0 Å². The second-order valence-electron chi connectivity index (χ2n) is 5.30. The van der Waals surface area contributed by atoms with Crippen molar-refractivity contribution in [3.8, 4) is 5.75 Å². The van der Waals surface area contributed by atoms with Gasteiger partial charge in [-0.25, -0.2) is 0 Å². The lowest BCUT2D eigenvalue weighted by molar-refractivity contribution is -0.154. The molecule has 0 fully saturated rings. The molecule has 20 heavy (non-hydrogen) atoms. The summed E-state index contributed by atoms with van der Waals surface area (Å²) in [5, 5.41) is 0. The lowest BCUT2D eigenvalue weighted by Crippen LogP contribution is -2.31. The van der Waals surface area contributed by atoms with Crippen molar-refractivity contribution in [1.82, 2.24) is 0 Å². The first-order valence-electron chi connectivity index (χ1n) is 6.58. The highest BCUT2D eigenvalue weighted by atomic mass is 79.9. The second kappa shape index (κ2) is 7.09. The molecule has 1 atom stereocenters. The maximum atomic E-state index is 11.9. The van der Waals surface area contributed by atoms with Crippen LogP contribution < -0.4 is 10.5 Å². The Morgan fingerprint density at radius 2 is 2.10 bits per heavy atom. The number of nitrogens with two attached hydrogens (primary N) is 1. The van der Waals surface area contributed by atoms with Gasteiger partial charge >= 0.3 is 5.97 Å². The molecule has 0 radical (unpaired) electrons. The zero-order chi connectivity index (χ0) is 15.3. The lowest BCUT2D eigenvalue weighted by Gasteiger charge is -2.26. The van der Waals surface area contributed by atoms with Crippen LogP contribution in [0.3, 0.4) is 0 Å². The Kier molecular flexibility index (Phi) is 6.02. The fourth-order valence-electron chi connectivity index (χ4n) is 2.06. The van der Waals surface area contributed by atoms with Gasteiger partial charge in [0.2, 0.25) is 0 Å². The fraction of sp³-hybridized carbons (Fsp3) is 0.533. The molecule has 1 rings (SSSR count). The van der Waals surface area contributed by atoms with Crippen molar-refractivity contribution in [3.05, 3.63) is 28.2 Å². The van der Waals surface area contributed by atoms with Crippen molar-refractivity contribution in [1.29, 1.82) is 0 Å². The van der Waals surface area contributed by atoms with Crippen LogP contribution in [0.2, 0.25) is 0 Å².